The zero-order valence-electron chi connectivity index (χ0n) is 15.4. The van der Waals surface area contributed by atoms with Crippen LogP contribution in [-0.4, -0.2) is 19.3 Å². The second-order valence-electron chi connectivity index (χ2n) is 6.84. The summed E-state index contributed by atoms with van der Waals surface area (Å²) in [7, 11) is 0. The molecule has 27 heavy (non-hydrogen) atoms. The minimum Gasteiger partial charge on any atom is -0.294 e. The molecule has 136 valence electrons. The molecule has 6 heteroatoms. The number of fused-ring (bicyclic) bond motifs is 1. The maximum Gasteiger partial charge on any atom is 0.264 e. The van der Waals surface area contributed by atoms with Crippen LogP contribution < -0.4 is 5.56 Å². The highest BCUT2D eigenvalue weighted by atomic mass is 35.5. The topological polar surface area (TPSA) is 52.7 Å². The minimum absolute atomic E-state index is 0.108. The summed E-state index contributed by atoms with van der Waals surface area (Å²) in [5.74, 6) is 0. The summed E-state index contributed by atoms with van der Waals surface area (Å²) in [6.07, 6.45) is 3.17. The average molecular weight is 379 g/mol. The van der Waals surface area contributed by atoms with Gasteiger partial charge in [0.15, 0.2) is 5.65 Å². The molecule has 4 aromatic rings. The molecule has 2 aromatic heterocycles. The first-order valence-corrected chi connectivity index (χ1v) is 9.07. The monoisotopic (exact) mass is 378 g/mol. The van der Waals surface area contributed by atoms with Crippen LogP contribution in [-0.2, 0) is 6.54 Å². The molecular formula is C21H19ClN4O. The number of hydrogen-bond donors (Lipinski definition) is 0. The standard InChI is InChI=1S/C21H19ClN4O/c1-13-4-7-19(15(3)8-13)26-20-17(10-24-26)21(27)25(12-23-20)11-16-5-6-18(22)14(2)9-16/h4-10,12H,11H2,1-3H3. The van der Waals surface area contributed by atoms with Gasteiger partial charge in [-0.15, -0.1) is 0 Å². The summed E-state index contributed by atoms with van der Waals surface area (Å²) in [5, 5.41) is 5.63. The van der Waals surface area contributed by atoms with Crippen LogP contribution in [0.2, 0.25) is 5.02 Å². The Balaban J connectivity index is 1.77. The number of nitrogens with zero attached hydrogens (tertiary/aromatic N) is 4. The minimum atomic E-state index is -0.108. The molecule has 0 radical (unpaired) electrons. The highest BCUT2D eigenvalue weighted by Gasteiger charge is 2.13. The molecule has 0 saturated heterocycles. The Labute approximate surface area is 161 Å². The summed E-state index contributed by atoms with van der Waals surface area (Å²) >= 11 is 6.08. The maximum absolute atomic E-state index is 12.9. The highest BCUT2D eigenvalue weighted by molar-refractivity contribution is 6.31. The molecule has 0 amide bonds. The van der Waals surface area contributed by atoms with Crippen LogP contribution in [0, 0.1) is 20.8 Å². The Kier molecular flexibility index (Phi) is 4.32. The second kappa shape index (κ2) is 6.67. The largest absolute Gasteiger partial charge is 0.294 e. The second-order valence-corrected chi connectivity index (χ2v) is 7.25. The van der Waals surface area contributed by atoms with Crippen LogP contribution in [0.5, 0.6) is 0 Å². The zero-order valence-corrected chi connectivity index (χ0v) is 16.2. The van der Waals surface area contributed by atoms with E-state index < -0.39 is 0 Å². The smallest absolute Gasteiger partial charge is 0.264 e. The fourth-order valence-electron chi connectivity index (χ4n) is 3.28. The zero-order chi connectivity index (χ0) is 19.1. The van der Waals surface area contributed by atoms with Gasteiger partial charge in [-0.2, -0.15) is 5.10 Å². The van der Waals surface area contributed by atoms with Crippen LogP contribution in [0.25, 0.3) is 16.7 Å². The van der Waals surface area contributed by atoms with Crippen LogP contribution in [0.15, 0.2) is 53.7 Å². The Morgan fingerprint density at radius 3 is 2.59 bits per heavy atom. The lowest BCUT2D eigenvalue weighted by atomic mass is 10.1. The number of rotatable bonds is 3. The molecule has 0 bridgehead atoms. The number of hydrogen-bond acceptors (Lipinski definition) is 3. The van der Waals surface area contributed by atoms with Gasteiger partial charge in [0.1, 0.15) is 11.7 Å². The van der Waals surface area contributed by atoms with Gasteiger partial charge in [0, 0.05) is 5.02 Å². The van der Waals surface area contributed by atoms with E-state index >= 15 is 0 Å². The van der Waals surface area contributed by atoms with Gasteiger partial charge in [0.05, 0.1) is 18.4 Å². The molecule has 5 nitrogen and oxygen atoms in total. The van der Waals surface area contributed by atoms with Gasteiger partial charge < -0.3 is 0 Å². The van der Waals surface area contributed by atoms with Gasteiger partial charge in [-0.1, -0.05) is 41.4 Å². The molecular weight excluding hydrogens is 360 g/mol. The van der Waals surface area contributed by atoms with Crippen molar-refractivity contribution in [2.75, 3.05) is 0 Å². The van der Waals surface area contributed by atoms with Crippen molar-refractivity contribution in [1.82, 2.24) is 19.3 Å². The number of aromatic nitrogens is 4. The van der Waals surface area contributed by atoms with Gasteiger partial charge in [0.2, 0.25) is 0 Å². The maximum atomic E-state index is 12.9. The summed E-state index contributed by atoms with van der Waals surface area (Å²) < 4.78 is 3.32. The van der Waals surface area contributed by atoms with Crippen molar-refractivity contribution in [3.8, 4) is 5.69 Å². The highest BCUT2D eigenvalue weighted by Crippen LogP contribution is 2.19. The molecule has 2 aromatic carbocycles. The fourth-order valence-corrected chi connectivity index (χ4v) is 3.40. The van der Waals surface area contributed by atoms with Crippen molar-refractivity contribution in [2.24, 2.45) is 0 Å². The first kappa shape index (κ1) is 17.5. The average Bonchev–Trinajstić information content (AvgIpc) is 3.05. The van der Waals surface area contributed by atoms with Gasteiger partial charge in [0.25, 0.3) is 5.56 Å². The van der Waals surface area contributed by atoms with Crippen LogP contribution in [0.3, 0.4) is 0 Å². The van der Waals surface area contributed by atoms with Crippen molar-refractivity contribution >= 4 is 22.6 Å². The molecule has 0 aliphatic carbocycles. The lowest BCUT2D eigenvalue weighted by Gasteiger charge is -2.09. The van der Waals surface area contributed by atoms with Crippen LogP contribution in [0.1, 0.15) is 22.3 Å². The van der Waals surface area contributed by atoms with Gasteiger partial charge in [-0.25, -0.2) is 9.67 Å². The van der Waals surface area contributed by atoms with E-state index in [1.165, 1.54) is 5.56 Å². The molecule has 4 rings (SSSR count). The third-order valence-corrected chi connectivity index (χ3v) is 5.13. The number of benzene rings is 2. The third-order valence-electron chi connectivity index (χ3n) is 4.71. The van der Waals surface area contributed by atoms with E-state index in [9.17, 15) is 4.79 Å². The van der Waals surface area contributed by atoms with E-state index in [1.807, 2.05) is 51.1 Å². The van der Waals surface area contributed by atoms with E-state index in [-0.39, 0.29) is 5.56 Å². The Morgan fingerprint density at radius 2 is 1.85 bits per heavy atom. The fraction of sp³-hybridized carbons (Fsp3) is 0.190. The lowest BCUT2D eigenvalue weighted by molar-refractivity contribution is 0.745. The number of halogens is 1. The van der Waals surface area contributed by atoms with Crippen LogP contribution in [0.4, 0.5) is 0 Å². The number of aryl methyl sites for hydroxylation is 3. The molecule has 0 aliphatic heterocycles. The van der Waals surface area contributed by atoms with Crippen molar-refractivity contribution in [3.05, 3.63) is 86.6 Å². The van der Waals surface area contributed by atoms with E-state index in [2.05, 4.69) is 16.1 Å². The van der Waals surface area contributed by atoms with Gasteiger partial charge >= 0.3 is 0 Å². The third kappa shape index (κ3) is 3.15. The van der Waals surface area contributed by atoms with Crippen molar-refractivity contribution in [2.45, 2.75) is 27.3 Å². The van der Waals surface area contributed by atoms with Crippen molar-refractivity contribution < 1.29 is 0 Å². The Bertz CT molecular complexity index is 1220. The molecule has 0 N–H and O–H groups in total. The van der Waals surface area contributed by atoms with Gasteiger partial charge in [-0.05, 0) is 49.6 Å². The van der Waals surface area contributed by atoms with Gasteiger partial charge in [-0.3, -0.25) is 9.36 Å². The predicted molar refractivity (Wildman–Crippen MR) is 108 cm³/mol. The quantitative estimate of drug-likeness (QED) is 0.536. The lowest BCUT2D eigenvalue weighted by Crippen LogP contribution is -2.21. The molecule has 0 fully saturated rings. The first-order chi connectivity index (χ1) is 12.9. The van der Waals surface area contributed by atoms with E-state index in [0.717, 1.165) is 27.4 Å². The molecule has 0 atom stereocenters. The Hall–Kier alpha value is -2.92. The molecule has 2 heterocycles. The van der Waals surface area contributed by atoms with Crippen LogP contribution >= 0.6 is 11.6 Å². The molecule has 0 saturated carbocycles. The van der Waals surface area contributed by atoms with Crippen molar-refractivity contribution in [3.63, 3.8) is 0 Å². The normalized spacial score (nSPS) is 11.3. The summed E-state index contributed by atoms with van der Waals surface area (Å²) in [4.78, 5) is 17.4. The molecule has 0 spiro atoms. The summed E-state index contributed by atoms with van der Waals surface area (Å²) in [6, 6.07) is 11.9. The molecule has 0 unspecified atom stereocenters. The van der Waals surface area contributed by atoms with E-state index in [1.54, 1.807) is 21.8 Å². The Morgan fingerprint density at radius 1 is 1.04 bits per heavy atom. The predicted octanol–water partition coefficient (Wildman–Crippen LogP) is 4.21. The van der Waals surface area contributed by atoms with E-state index in [4.69, 9.17) is 11.6 Å². The summed E-state index contributed by atoms with van der Waals surface area (Å²) in [5.41, 5.74) is 5.64. The van der Waals surface area contributed by atoms with Crippen molar-refractivity contribution in [1.29, 1.82) is 0 Å². The van der Waals surface area contributed by atoms with E-state index in [0.29, 0.717) is 17.6 Å². The summed E-state index contributed by atoms with van der Waals surface area (Å²) in [6.45, 7) is 6.46. The SMILES string of the molecule is Cc1ccc(-n2ncc3c(=O)n(Cc4ccc(Cl)c(C)c4)cnc32)c(C)c1. The molecule has 0 aliphatic rings. The first-order valence-electron chi connectivity index (χ1n) is 8.70.